The summed E-state index contributed by atoms with van der Waals surface area (Å²) >= 11 is 0. The van der Waals surface area contributed by atoms with E-state index < -0.39 is 0 Å². The van der Waals surface area contributed by atoms with Crippen molar-refractivity contribution in [2.24, 2.45) is 0 Å². The summed E-state index contributed by atoms with van der Waals surface area (Å²) in [5.74, 6) is 1.35. The lowest BCUT2D eigenvalue weighted by Gasteiger charge is -2.15. The molecule has 4 nitrogen and oxygen atoms in total. The van der Waals surface area contributed by atoms with Gasteiger partial charge in [0.2, 0.25) is 5.75 Å². The van der Waals surface area contributed by atoms with Crippen molar-refractivity contribution in [1.82, 2.24) is 0 Å². The lowest BCUT2D eigenvalue weighted by molar-refractivity contribution is 0.324. The molecule has 2 aromatic rings. The van der Waals surface area contributed by atoms with E-state index in [-0.39, 0.29) is 5.82 Å². The maximum Gasteiger partial charge on any atom is 0.203 e. The average Bonchev–Trinajstić information content (AvgIpc) is 2.48. The van der Waals surface area contributed by atoms with Crippen LogP contribution in [0.4, 0.5) is 15.8 Å². The van der Waals surface area contributed by atoms with E-state index in [2.05, 4.69) is 5.32 Å². The van der Waals surface area contributed by atoms with E-state index in [0.717, 1.165) is 11.4 Å². The van der Waals surface area contributed by atoms with Gasteiger partial charge >= 0.3 is 0 Å². The molecule has 0 amide bonds. The molecule has 5 heteroatoms. The second kappa shape index (κ2) is 6.14. The summed E-state index contributed by atoms with van der Waals surface area (Å²) in [5.41, 5.74) is 1.52. The van der Waals surface area contributed by atoms with Crippen molar-refractivity contribution in [2.75, 3.05) is 26.6 Å². The van der Waals surface area contributed by atoms with Crippen LogP contribution in [0.5, 0.6) is 17.2 Å². The number of halogens is 1. The smallest absolute Gasteiger partial charge is 0.203 e. The van der Waals surface area contributed by atoms with Gasteiger partial charge in [0.1, 0.15) is 5.82 Å². The molecule has 0 radical (unpaired) electrons. The zero-order chi connectivity index (χ0) is 14.5. The Labute approximate surface area is 117 Å². The molecule has 0 saturated heterocycles. The van der Waals surface area contributed by atoms with Gasteiger partial charge in [-0.25, -0.2) is 4.39 Å². The fraction of sp³-hybridized carbons (Fsp3) is 0.200. The molecule has 0 aliphatic rings. The topological polar surface area (TPSA) is 39.7 Å². The maximum absolute atomic E-state index is 12.9. The first-order valence-corrected chi connectivity index (χ1v) is 6.00. The van der Waals surface area contributed by atoms with E-state index in [1.54, 1.807) is 45.6 Å². The molecule has 2 rings (SSSR count). The van der Waals surface area contributed by atoms with Crippen molar-refractivity contribution in [3.8, 4) is 17.2 Å². The van der Waals surface area contributed by atoms with Crippen LogP contribution in [-0.4, -0.2) is 21.3 Å². The fourth-order valence-electron chi connectivity index (χ4n) is 1.85. The molecule has 20 heavy (non-hydrogen) atoms. The Hall–Kier alpha value is -2.43. The van der Waals surface area contributed by atoms with Crippen molar-refractivity contribution in [2.45, 2.75) is 0 Å². The van der Waals surface area contributed by atoms with Crippen LogP contribution in [-0.2, 0) is 0 Å². The summed E-state index contributed by atoms with van der Waals surface area (Å²) in [6.45, 7) is 0. The second-order valence-electron chi connectivity index (χ2n) is 4.05. The maximum atomic E-state index is 12.9. The summed E-state index contributed by atoms with van der Waals surface area (Å²) in [6, 6.07) is 9.65. The number of hydrogen-bond acceptors (Lipinski definition) is 4. The minimum absolute atomic E-state index is 0.277. The first-order chi connectivity index (χ1) is 9.67. The molecule has 1 N–H and O–H groups in total. The van der Waals surface area contributed by atoms with Gasteiger partial charge in [0.15, 0.2) is 11.5 Å². The highest BCUT2D eigenvalue weighted by molar-refractivity contribution is 5.67. The molecular formula is C15H16FNO3. The average molecular weight is 277 g/mol. The van der Waals surface area contributed by atoms with Crippen LogP contribution in [0.25, 0.3) is 0 Å². The third-order valence-corrected chi connectivity index (χ3v) is 2.80. The van der Waals surface area contributed by atoms with Crippen LogP contribution >= 0.6 is 0 Å². The van der Waals surface area contributed by atoms with Crippen molar-refractivity contribution in [3.63, 3.8) is 0 Å². The van der Waals surface area contributed by atoms with E-state index in [1.807, 2.05) is 0 Å². The van der Waals surface area contributed by atoms with Crippen molar-refractivity contribution >= 4 is 11.4 Å². The van der Waals surface area contributed by atoms with Crippen LogP contribution in [0.3, 0.4) is 0 Å². The minimum atomic E-state index is -0.277. The summed E-state index contributed by atoms with van der Waals surface area (Å²) in [7, 11) is 4.66. The van der Waals surface area contributed by atoms with Crippen LogP contribution in [0, 0.1) is 5.82 Å². The molecule has 0 unspecified atom stereocenters. The first kappa shape index (κ1) is 14.0. The van der Waals surface area contributed by atoms with Crippen LogP contribution < -0.4 is 19.5 Å². The molecule has 0 aromatic heterocycles. The van der Waals surface area contributed by atoms with Crippen molar-refractivity contribution < 1.29 is 18.6 Å². The van der Waals surface area contributed by atoms with Crippen LogP contribution in [0.2, 0.25) is 0 Å². The van der Waals surface area contributed by atoms with Gasteiger partial charge in [0.05, 0.1) is 21.3 Å². The zero-order valence-electron chi connectivity index (χ0n) is 11.6. The largest absolute Gasteiger partial charge is 0.493 e. The second-order valence-corrected chi connectivity index (χ2v) is 4.05. The Balaban J connectivity index is 2.34. The Kier molecular flexibility index (Phi) is 4.30. The molecule has 0 spiro atoms. The molecule has 106 valence electrons. The number of hydrogen-bond donors (Lipinski definition) is 1. The molecule has 0 heterocycles. The quantitative estimate of drug-likeness (QED) is 0.906. The summed E-state index contributed by atoms with van der Waals surface area (Å²) in [4.78, 5) is 0. The molecule has 0 atom stereocenters. The highest BCUT2D eigenvalue weighted by Gasteiger charge is 2.13. The third-order valence-electron chi connectivity index (χ3n) is 2.80. The van der Waals surface area contributed by atoms with Gasteiger partial charge < -0.3 is 19.5 Å². The van der Waals surface area contributed by atoms with Gasteiger partial charge in [-0.2, -0.15) is 0 Å². The normalized spacial score (nSPS) is 10.0. The molecule has 2 aromatic carbocycles. The van der Waals surface area contributed by atoms with E-state index in [0.29, 0.717) is 17.2 Å². The van der Waals surface area contributed by atoms with Gasteiger partial charge in [0.25, 0.3) is 0 Å². The van der Waals surface area contributed by atoms with Crippen molar-refractivity contribution in [1.29, 1.82) is 0 Å². The predicted octanol–water partition coefficient (Wildman–Crippen LogP) is 3.60. The molecule has 0 aliphatic heterocycles. The lowest BCUT2D eigenvalue weighted by atomic mass is 10.2. The Morgan fingerprint density at radius 1 is 0.800 bits per heavy atom. The first-order valence-electron chi connectivity index (χ1n) is 6.00. The zero-order valence-corrected chi connectivity index (χ0v) is 11.6. The van der Waals surface area contributed by atoms with Crippen molar-refractivity contribution in [3.05, 3.63) is 42.2 Å². The fourth-order valence-corrected chi connectivity index (χ4v) is 1.85. The summed E-state index contributed by atoms with van der Waals surface area (Å²) in [5, 5.41) is 3.15. The van der Waals surface area contributed by atoms with E-state index >= 15 is 0 Å². The molecule has 0 fully saturated rings. The Morgan fingerprint density at radius 3 is 1.80 bits per heavy atom. The van der Waals surface area contributed by atoms with Gasteiger partial charge in [0, 0.05) is 23.5 Å². The Bertz CT molecular complexity index is 559. The number of methoxy groups -OCH3 is 3. The lowest BCUT2D eigenvalue weighted by Crippen LogP contribution is -1.97. The monoisotopic (exact) mass is 277 g/mol. The summed E-state index contributed by atoms with van der Waals surface area (Å²) in [6.07, 6.45) is 0. The van der Waals surface area contributed by atoms with Gasteiger partial charge in [-0.1, -0.05) is 0 Å². The van der Waals surface area contributed by atoms with E-state index in [1.165, 1.54) is 12.1 Å². The number of benzene rings is 2. The SMILES string of the molecule is COc1cc(Nc2ccc(F)cc2)cc(OC)c1OC. The highest BCUT2D eigenvalue weighted by Crippen LogP contribution is 2.40. The number of anilines is 2. The highest BCUT2D eigenvalue weighted by atomic mass is 19.1. The minimum Gasteiger partial charge on any atom is -0.493 e. The molecule has 0 aliphatic carbocycles. The van der Waals surface area contributed by atoms with Crippen LogP contribution in [0.1, 0.15) is 0 Å². The summed E-state index contributed by atoms with van der Waals surface area (Å²) < 4.78 is 28.7. The Morgan fingerprint density at radius 2 is 1.35 bits per heavy atom. The predicted molar refractivity (Wildman–Crippen MR) is 75.8 cm³/mol. The molecule has 0 saturated carbocycles. The third kappa shape index (κ3) is 2.93. The number of rotatable bonds is 5. The van der Waals surface area contributed by atoms with Gasteiger partial charge in [-0.3, -0.25) is 0 Å². The standard InChI is InChI=1S/C15H16FNO3/c1-18-13-8-12(9-14(19-2)15(13)20-3)17-11-6-4-10(16)5-7-11/h4-9,17H,1-3H3. The molecular weight excluding hydrogens is 261 g/mol. The van der Waals surface area contributed by atoms with E-state index in [9.17, 15) is 4.39 Å². The molecule has 0 bridgehead atoms. The van der Waals surface area contributed by atoms with Gasteiger partial charge in [-0.15, -0.1) is 0 Å². The van der Waals surface area contributed by atoms with Gasteiger partial charge in [-0.05, 0) is 24.3 Å². The van der Waals surface area contributed by atoms with Crippen LogP contribution in [0.15, 0.2) is 36.4 Å². The number of nitrogens with one attached hydrogen (secondary N) is 1. The number of ether oxygens (including phenoxy) is 3. The van der Waals surface area contributed by atoms with E-state index in [4.69, 9.17) is 14.2 Å².